The van der Waals surface area contributed by atoms with Crippen molar-refractivity contribution in [2.45, 2.75) is 32.2 Å². The second-order valence-electron chi connectivity index (χ2n) is 6.77. The highest BCUT2D eigenvalue weighted by Crippen LogP contribution is 2.38. The van der Waals surface area contributed by atoms with Crippen LogP contribution in [0.25, 0.3) is 22.3 Å². The van der Waals surface area contributed by atoms with Crippen molar-refractivity contribution in [1.82, 2.24) is 15.0 Å². The molecule has 7 nitrogen and oxygen atoms in total. The van der Waals surface area contributed by atoms with Crippen LogP contribution in [0.3, 0.4) is 0 Å². The number of nitrogens with zero attached hydrogens (tertiary/aromatic N) is 3. The average Bonchev–Trinajstić information content (AvgIpc) is 3.20. The minimum absolute atomic E-state index is 0.103. The van der Waals surface area contributed by atoms with E-state index in [0.29, 0.717) is 28.6 Å². The van der Waals surface area contributed by atoms with Crippen LogP contribution in [0.2, 0.25) is 5.15 Å². The molecule has 1 saturated carbocycles. The van der Waals surface area contributed by atoms with Crippen LogP contribution in [0.1, 0.15) is 25.0 Å². The fourth-order valence-electron chi connectivity index (χ4n) is 3.52. The molecule has 1 fully saturated rings. The highest BCUT2D eigenvalue weighted by Gasteiger charge is 2.27. The number of aliphatic hydroxyl groups excluding tert-OH is 1. The molecule has 1 aliphatic rings. The first-order chi connectivity index (χ1) is 12.5. The van der Waals surface area contributed by atoms with Crippen molar-refractivity contribution >= 4 is 34.3 Å². The van der Waals surface area contributed by atoms with Crippen LogP contribution in [0.4, 0.5) is 11.8 Å². The minimum atomic E-state index is 0.103. The van der Waals surface area contributed by atoms with Crippen LogP contribution >= 0.6 is 11.6 Å². The Bertz CT molecular complexity index is 958. The van der Waals surface area contributed by atoms with Gasteiger partial charge in [0, 0.05) is 23.7 Å². The first-order valence-electron chi connectivity index (χ1n) is 8.60. The largest absolute Gasteiger partial charge is 0.454 e. The fraction of sp³-hybridized carbons (Fsp3) is 0.389. The Kier molecular flexibility index (Phi) is 4.42. The summed E-state index contributed by atoms with van der Waals surface area (Å²) in [5.74, 6) is 1.53. The summed E-state index contributed by atoms with van der Waals surface area (Å²) in [6, 6.07) is 4.05. The summed E-state index contributed by atoms with van der Waals surface area (Å²) in [4.78, 5) is 12.7. The molecule has 3 heterocycles. The maximum Gasteiger partial charge on any atom is 0.223 e. The molecule has 0 radical (unpaired) electrons. The summed E-state index contributed by atoms with van der Waals surface area (Å²) in [6.07, 6.45) is 4.50. The Morgan fingerprint density at radius 1 is 1.35 bits per heavy atom. The van der Waals surface area contributed by atoms with E-state index < -0.39 is 0 Å². The molecule has 0 saturated heterocycles. The maximum atomic E-state index is 9.36. The van der Waals surface area contributed by atoms with E-state index in [-0.39, 0.29) is 23.8 Å². The van der Waals surface area contributed by atoms with Gasteiger partial charge in [0.15, 0.2) is 5.58 Å². The second-order valence-corrected chi connectivity index (χ2v) is 7.13. The van der Waals surface area contributed by atoms with Crippen LogP contribution in [0, 0.1) is 12.8 Å². The molecule has 4 N–H and O–H groups in total. The Morgan fingerprint density at radius 2 is 2.19 bits per heavy atom. The van der Waals surface area contributed by atoms with Gasteiger partial charge in [-0.1, -0.05) is 11.6 Å². The van der Waals surface area contributed by atoms with Crippen LogP contribution in [-0.4, -0.2) is 32.7 Å². The van der Waals surface area contributed by atoms with Crippen LogP contribution in [0.5, 0.6) is 0 Å². The lowest BCUT2D eigenvalue weighted by Crippen LogP contribution is -2.18. The quantitative estimate of drug-likeness (QED) is 0.601. The summed E-state index contributed by atoms with van der Waals surface area (Å²) < 4.78 is 5.93. The molecule has 0 aliphatic heterocycles. The number of nitrogens with one attached hydrogen (secondary N) is 1. The number of furan rings is 1. The molecule has 0 aromatic carbocycles. The molecule has 4 rings (SSSR count). The molecule has 2 unspecified atom stereocenters. The smallest absolute Gasteiger partial charge is 0.223 e. The highest BCUT2D eigenvalue weighted by atomic mass is 35.5. The normalized spacial score (nSPS) is 20.0. The number of nitrogen functional groups attached to an aromatic ring is 1. The number of aliphatic hydroxyl groups is 1. The minimum Gasteiger partial charge on any atom is -0.454 e. The summed E-state index contributed by atoms with van der Waals surface area (Å²) >= 11 is 6.38. The number of hydrogen-bond donors (Lipinski definition) is 3. The maximum absolute atomic E-state index is 9.36. The first-order valence-corrected chi connectivity index (χ1v) is 8.98. The number of halogens is 1. The molecule has 3 aromatic rings. The van der Waals surface area contributed by atoms with Gasteiger partial charge in [-0.25, -0.2) is 4.98 Å². The predicted molar refractivity (Wildman–Crippen MR) is 101 cm³/mol. The number of rotatable bonds is 4. The molecule has 0 amide bonds. The zero-order valence-corrected chi connectivity index (χ0v) is 15.1. The summed E-state index contributed by atoms with van der Waals surface area (Å²) in [5.41, 5.74) is 7.97. The van der Waals surface area contributed by atoms with E-state index in [1.807, 2.05) is 19.1 Å². The Morgan fingerprint density at radius 3 is 2.96 bits per heavy atom. The Balaban J connectivity index is 1.74. The molecule has 0 spiro atoms. The van der Waals surface area contributed by atoms with Crippen molar-refractivity contribution in [3.63, 3.8) is 0 Å². The number of fused-ring (bicyclic) bond motifs is 1. The van der Waals surface area contributed by atoms with E-state index in [1.54, 1.807) is 6.20 Å². The van der Waals surface area contributed by atoms with Crippen molar-refractivity contribution in [2.24, 2.45) is 5.92 Å². The van der Waals surface area contributed by atoms with Gasteiger partial charge in [-0.15, -0.1) is 0 Å². The number of aromatic nitrogens is 3. The Labute approximate surface area is 155 Å². The van der Waals surface area contributed by atoms with E-state index in [9.17, 15) is 5.11 Å². The van der Waals surface area contributed by atoms with E-state index in [2.05, 4.69) is 20.3 Å². The van der Waals surface area contributed by atoms with Crippen LogP contribution < -0.4 is 11.1 Å². The zero-order valence-electron chi connectivity index (χ0n) is 14.4. The lowest BCUT2D eigenvalue weighted by atomic mass is 10.1. The third kappa shape index (κ3) is 3.20. The van der Waals surface area contributed by atoms with Crippen molar-refractivity contribution < 1.29 is 9.52 Å². The molecule has 3 aromatic heterocycles. The van der Waals surface area contributed by atoms with Gasteiger partial charge in [-0.05, 0) is 44.2 Å². The first kappa shape index (κ1) is 17.1. The van der Waals surface area contributed by atoms with Crippen LogP contribution in [-0.2, 0) is 0 Å². The van der Waals surface area contributed by atoms with E-state index >= 15 is 0 Å². The van der Waals surface area contributed by atoms with Gasteiger partial charge in [0.1, 0.15) is 16.7 Å². The molecular weight excluding hydrogens is 354 g/mol. The van der Waals surface area contributed by atoms with Gasteiger partial charge in [0.05, 0.1) is 11.8 Å². The molecular formula is C18H20ClN5O2. The number of hydrogen-bond acceptors (Lipinski definition) is 7. The number of aryl methyl sites for hydroxylation is 1. The van der Waals surface area contributed by atoms with E-state index in [4.69, 9.17) is 21.8 Å². The monoisotopic (exact) mass is 373 g/mol. The molecule has 8 heteroatoms. The van der Waals surface area contributed by atoms with Gasteiger partial charge in [-0.2, -0.15) is 4.98 Å². The van der Waals surface area contributed by atoms with Crippen molar-refractivity contribution in [3.8, 4) is 11.3 Å². The van der Waals surface area contributed by atoms with E-state index in [0.717, 1.165) is 30.3 Å². The van der Waals surface area contributed by atoms with Crippen molar-refractivity contribution in [2.75, 3.05) is 17.7 Å². The van der Waals surface area contributed by atoms with Gasteiger partial charge >= 0.3 is 0 Å². The number of anilines is 2. The molecule has 136 valence electrons. The SMILES string of the molecule is Cc1cc2cc(-c3c(Cl)nc(N)nc3NC3CCC(CO)C3)oc2cn1. The van der Waals surface area contributed by atoms with Crippen molar-refractivity contribution in [3.05, 3.63) is 29.2 Å². The second kappa shape index (κ2) is 6.74. The lowest BCUT2D eigenvalue weighted by Gasteiger charge is -2.16. The third-order valence-corrected chi connectivity index (χ3v) is 5.08. The van der Waals surface area contributed by atoms with Crippen LogP contribution in [0.15, 0.2) is 22.7 Å². The topological polar surface area (TPSA) is 110 Å². The van der Waals surface area contributed by atoms with E-state index in [1.165, 1.54) is 0 Å². The third-order valence-electron chi connectivity index (χ3n) is 4.81. The number of nitrogens with two attached hydrogens (primary N) is 1. The summed E-state index contributed by atoms with van der Waals surface area (Å²) in [6.45, 7) is 2.13. The van der Waals surface area contributed by atoms with Crippen molar-refractivity contribution in [1.29, 1.82) is 0 Å². The zero-order chi connectivity index (χ0) is 18.3. The predicted octanol–water partition coefficient (Wildman–Crippen LogP) is 3.40. The standard InChI is InChI=1S/C18H20ClN5O2/c1-9-4-11-6-13(26-14(11)7-21-9)15-16(19)23-18(20)24-17(15)22-12-3-2-10(5-12)8-25/h4,6-7,10,12,25H,2-3,5,8H2,1H3,(H3,20,22,23,24). The molecule has 2 atom stereocenters. The number of pyridine rings is 1. The molecule has 0 bridgehead atoms. The fourth-order valence-corrected chi connectivity index (χ4v) is 3.79. The highest BCUT2D eigenvalue weighted by molar-refractivity contribution is 6.32. The average molecular weight is 374 g/mol. The van der Waals surface area contributed by atoms with Gasteiger partial charge < -0.3 is 20.6 Å². The molecule has 26 heavy (non-hydrogen) atoms. The van der Waals surface area contributed by atoms with Gasteiger partial charge in [0.25, 0.3) is 0 Å². The summed E-state index contributed by atoms with van der Waals surface area (Å²) in [7, 11) is 0. The summed E-state index contributed by atoms with van der Waals surface area (Å²) in [5, 5.41) is 13.9. The van der Waals surface area contributed by atoms with Gasteiger partial charge in [0.2, 0.25) is 5.95 Å². The molecule has 1 aliphatic carbocycles. The lowest BCUT2D eigenvalue weighted by molar-refractivity contribution is 0.229. The van der Waals surface area contributed by atoms with Gasteiger partial charge in [-0.3, -0.25) is 4.98 Å². The Hall–Kier alpha value is -2.38.